The number of hydrogen-bond acceptors (Lipinski definition) is 6. The first-order chi connectivity index (χ1) is 14.5. The SMILES string of the molecule is N#Cc1cn(C2CC2)c(=O)n(CC(=O)Nc2cccc(CN3CCSCC3)c2)c1=O. The van der Waals surface area contributed by atoms with Gasteiger partial charge in [0.25, 0.3) is 5.56 Å². The number of rotatable bonds is 6. The van der Waals surface area contributed by atoms with Crippen LogP contribution >= 0.6 is 11.8 Å². The Morgan fingerprint density at radius 3 is 2.70 bits per heavy atom. The number of hydrogen-bond donors (Lipinski definition) is 1. The molecule has 1 aliphatic carbocycles. The average molecular weight is 426 g/mol. The third kappa shape index (κ3) is 4.66. The minimum atomic E-state index is -0.730. The van der Waals surface area contributed by atoms with E-state index < -0.39 is 23.7 Å². The van der Waals surface area contributed by atoms with Crippen LogP contribution in [-0.4, -0.2) is 44.5 Å². The van der Waals surface area contributed by atoms with Crippen LogP contribution < -0.4 is 16.6 Å². The van der Waals surface area contributed by atoms with Crippen molar-refractivity contribution in [3.8, 4) is 6.07 Å². The molecule has 1 aromatic carbocycles. The quantitative estimate of drug-likeness (QED) is 0.751. The zero-order valence-electron chi connectivity index (χ0n) is 16.5. The second-order valence-electron chi connectivity index (χ2n) is 7.60. The zero-order chi connectivity index (χ0) is 21.1. The molecule has 0 radical (unpaired) electrons. The minimum Gasteiger partial charge on any atom is -0.325 e. The molecule has 1 amide bonds. The first-order valence-electron chi connectivity index (χ1n) is 10.00. The number of thioether (sulfide) groups is 1. The lowest BCUT2D eigenvalue weighted by Crippen LogP contribution is -2.43. The fourth-order valence-corrected chi connectivity index (χ4v) is 4.54. The molecule has 2 aliphatic rings. The van der Waals surface area contributed by atoms with Crippen molar-refractivity contribution >= 4 is 23.4 Å². The van der Waals surface area contributed by atoms with E-state index in [0.29, 0.717) is 5.69 Å². The van der Waals surface area contributed by atoms with Crippen LogP contribution in [0.3, 0.4) is 0 Å². The lowest BCUT2D eigenvalue weighted by Gasteiger charge is -2.26. The van der Waals surface area contributed by atoms with Gasteiger partial charge in [-0.2, -0.15) is 17.0 Å². The summed E-state index contributed by atoms with van der Waals surface area (Å²) in [6.45, 7) is 2.49. The molecule has 1 aromatic heterocycles. The molecule has 2 aromatic rings. The highest BCUT2D eigenvalue weighted by Crippen LogP contribution is 2.33. The molecule has 0 spiro atoms. The van der Waals surface area contributed by atoms with E-state index in [4.69, 9.17) is 0 Å². The predicted octanol–water partition coefficient (Wildman–Crippen LogP) is 1.40. The molecule has 30 heavy (non-hydrogen) atoms. The molecule has 1 N–H and O–H groups in total. The Morgan fingerprint density at radius 1 is 1.23 bits per heavy atom. The Hall–Kier alpha value is -2.83. The summed E-state index contributed by atoms with van der Waals surface area (Å²) in [4.78, 5) is 40.0. The van der Waals surface area contributed by atoms with Crippen molar-refractivity contribution < 1.29 is 4.79 Å². The van der Waals surface area contributed by atoms with Gasteiger partial charge in [-0.25, -0.2) is 9.36 Å². The number of carbonyl (C=O) groups is 1. The minimum absolute atomic E-state index is 0.00406. The van der Waals surface area contributed by atoms with Gasteiger partial charge < -0.3 is 5.32 Å². The monoisotopic (exact) mass is 425 g/mol. The summed E-state index contributed by atoms with van der Waals surface area (Å²) in [5, 5.41) is 12.0. The number of amides is 1. The van der Waals surface area contributed by atoms with Gasteiger partial charge in [0.1, 0.15) is 18.2 Å². The Bertz CT molecular complexity index is 1110. The van der Waals surface area contributed by atoms with E-state index >= 15 is 0 Å². The van der Waals surface area contributed by atoms with E-state index in [9.17, 15) is 19.6 Å². The number of nitrogens with one attached hydrogen (secondary N) is 1. The van der Waals surface area contributed by atoms with Crippen LogP contribution in [0.4, 0.5) is 5.69 Å². The summed E-state index contributed by atoms with van der Waals surface area (Å²) in [7, 11) is 0. The molecule has 1 saturated carbocycles. The fourth-order valence-electron chi connectivity index (χ4n) is 3.56. The molecular formula is C21H23N5O3S. The van der Waals surface area contributed by atoms with Crippen LogP contribution in [0.2, 0.25) is 0 Å². The second kappa shape index (κ2) is 8.90. The van der Waals surface area contributed by atoms with Crippen molar-refractivity contribution in [2.24, 2.45) is 0 Å². The molecule has 1 saturated heterocycles. The topological polar surface area (TPSA) is 100 Å². The number of aromatic nitrogens is 2. The third-order valence-electron chi connectivity index (χ3n) is 5.28. The number of anilines is 1. The zero-order valence-corrected chi connectivity index (χ0v) is 17.4. The largest absolute Gasteiger partial charge is 0.331 e. The standard InChI is InChI=1S/C21H23N5O3S/c22-11-16-13-25(18-4-5-18)21(29)26(20(16)28)14-19(27)23-17-3-1-2-15(10-17)12-24-6-8-30-9-7-24/h1-3,10,13,18H,4-9,12,14H2,(H,23,27). The molecule has 9 heteroatoms. The summed E-state index contributed by atoms with van der Waals surface area (Å²) >= 11 is 1.96. The van der Waals surface area contributed by atoms with Gasteiger partial charge in [-0.1, -0.05) is 12.1 Å². The van der Waals surface area contributed by atoms with Gasteiger partial charge in [0, 0.05) is 49.1 Å². The Kier molecular flexibility index (Phi) is 6.06. The lowest BCUT2D eigenvalue weighted by molar-refractivity contribution is -0.116. The molecule has 0 bridgehead atoms. The second-order valence-corrected chi connectivity index (χ2v) is 8.83. The molecular weight excluding hydrogens is 402 g/mol. The van der Waals surface area contributed by atoms with E-state index in [1.165, 1.54) is 10.8 Å². The normalized spacial score (nSPS) is 16.8. The third-order valence-corrected chi connectivity index (χ3v) is 6.22. The van der Waals surface area contributed by atoms with Crippen LogP contribution in [0.15, 0.2) is 40.1 Å². The first kappa shape index (κ1) is 20.4. The molecule has 4 rings (SSSR count). The Morgan fingerprint density at radius 2 is 2.00 bits per heavy atom. The van der Waals surface area contributed by atoms with E-state index in [2.05, 4.69) is 10.2 Å². The van der Waals surface area contributed by atoms with Gasteiger partial charge in [-0.05, 0) is 30.5 Å². The molecule has 2 fully saturated rings. The van der Waals surface area contributed by atoms with Gasteiger partial charge >= 0.3 is 5.69 Å². The fraction of sp³-hybridized carbons (Fsp3) is 0.429. The van der Waals surface area contributed by atoms with Crippen molar-refractivity contribution in [2.45, 2.75) is 32.0 Å². The highest BCUT2D eigenvalue weighted by Gasteiger charge is 2.27. The smallest absolute Gasteiger partial charge is 0.325 e. The van der Waals surface area contributed by atoms with Gasteiger partial charge in [0.2, 0.25) is 5.91 Å². The van der Waals surface area contributed by atoms with Gasteiger partial charge in [-0.15, -0.1) is 0 Å². The Balaban J connectivity index is 1.48. The summed E-state index contributed by atoms with van der Waals surface area (Å²) < 4.78 is 2.24. The van der Waals surface area contributed by atoms with Crippen molar-refractivity contribution in [1.82, 2.24) is 14.0 Å². The first-order valence-corrected chi connectivity index (χ1v) is 11.2. The van der Waals surface area contributed by atoms with Crippen LogP contribution in [0.25, 0.3) is 0 Å². The van der Waals surface area contributed by atoms with Gasteiger partial charge in [-0.3, -0.25) is 19.1 Å². The van der Waals surface area contributed by atoms with Crippen molar-refractivity contribution in [3.05, 3.63) is 62.4 Å². The predicted molar refractivity (Wildman–Crippen MR) is 116 cm³/mol. The molecule has 8 nitrogen and oxygen atoms in total. The van der Waals surface area contributed by atoms with Crippen molar-refractivity contribution in [2.75, 3.05) is 29.9 Å². The maximum atomic E-state index is 12.6. The average Bonchev–Trinajstić information content (AvgIpc) is 3.57. The highest BCUT2D eigenvalue weighted by molar-refractivity contribution is 7.99. The van der Waals surface area contributed by atoms with Crippen LogP contribution in [-0.2, 0) is 17.9 Å². The van der Waals surface area contributed by atoms with E-state index in [-0.39, 0.29) is 11.6 Å². The van der Waals surface area contributed by atoms with Gasteiger partial charge in [0.15, 0.2) is 0 Å². The molecule has 0 unspecified atom stereocenters. The molecule has 156 valence electrons. The summed E-state index contributed by atoms with van der Waals surface area (Å²) in [6, 6.07) is 9.43. The number of benzene rings is 1. The van der Waals surface area contributed by atoms with Crippen molar-refractivity contribution in [3.63, 3.8) is 0 Å². The van der Waals surface area contributed by atoms with Crippen LogP contribution in [0, 0.1) is 11.3 Å². The number of nitrogens with zero attached hydrogens (tertiary/aromatic N) is 4. The number of nitriles is 1. The maximum Gasteiger partial charge on any atom is 0.331 e. The summed E-state index contributed by atoms with van der Waals surface area (Å²) in [5.41, 5.74) is 0.311. The summed E-state index contributed by atoms with van der Waals surface area (Å²) in [5.74, 6) is 1.79. The van der Waals surface area contributed by atoms with E-state index in [0.717, 1.165) is 54.1 Å². The summed E-state index contributed by atoms with van der Waals surface area (Å²) in [6.07, 6.45) is 2.97. The maximum absolute atomic E-state index is 12.6. The highest BCUT2D eigenvalue weighted by atomic mass is 32.2. The van der Waals surface area contributed by atoms with E-state index in [1.807, 2.05) is 36.0 Å². The van der Waals surface area contributed by atoms with E-state index in [1.54, 1.807) is 6.07 Å². The Labute approximate surface area is 178 Å². The number of carbonyl (C=O) groups excluding carboxylic acids is 1. The molecule has 2 heterocycles. The lowest BCUT2D eigenvalue weighted by atomic mass is 10.2. The van der Waals surface area contributed by atoms with Crippen molar-refractivity contribution in [1.29, 1.82) is 5.26 Å². The van der Waals surface area contributed by atoms with Crippen LogP contribution in [0.5, 0.6) is 0 Å². The van der Waals surface area contributed by atoms with Gasteiger partial charge in [0.05, 0.1) is 0 Å². The molecule has 1 aliphatic heterocycles. The van der Waals surface area contributed by atoms with Crippen LogP contribution in [0.1, 0.15) is 30.0 Å². The molecule has 0 atom stereocenters.